The molecule has 3 aromatic carbocycles. The molecule has 0 aliphatic heterocycles. The van der Waals surface area contributed by atoms with Gasteiger partial charge < -0.3 is 15.1 Å². The first kappa shape index (κ1) is 34.5. The number of pyridine rings is 1. The number of fused-ring (bicyclic) bond motifs is 6. The fraction of sp³-hybridized carbons (Fsp3) is 0.189. The van der Waals surface area contributed by atoms with E-state index in [0.29, 0.717) is 55.5 Å². The first-order chi connectivity index (χ1) is 24.8. The van der Waals surface area contributed by atoms with Gasteiger partial charge in [-0.2, -0.15) is 0 Å². The molecule has 15 heteroatoms. The maximum absolute atomic E-state index is 15.2. The van der Waals surface area contributed by atoms with E-state index < -0.39 is 27.6 Å². The summed E-state index contributed by atoms with van der Waals surface area (Å²) in [6.07, 6.45) is 1.06. The Kier molecular flexibility index (Phi) is 8.63. The number of amides is 2. The van der Waals surface area contributed by atoms with Gasteiger partial charge in [-0.05, 0) is 67.7 Å². The molecular weight excluding hydrogens is 693 g/mol. The molecule has 0 aliphatic carbocycles. The van der Waals surface area contributed by atoms with E-state index in [1.807, 2.05) is 0 Å². The molecule has 2 amide bonds. The lowest BCUT2D eigenvalue weighted by Crippen LogP contribution is -2.33. The van der Waals surface area contributed by atoms with Gasteiger partial charge in [0.2, 0.25) is 15.9 Å². The summed E-state index contributed by atoms with van der Waals surface area (Å²) in [5, 5.41) is 5.96. The van der Waals surface area contributed by atoms with Gasteiger partial charge in [-0.3, -0.25) is 23.2 Å². The number of carbonyl (C=O) groups is 2. The second-order valence-corrected chi connectivity index (χ2v) is 14.5. The highest BCUT2D eigenvalue weighted by atomic mass is 32.2. The van der Waals surface area contributed by atoms with Crippen LogP contribution in [-0.2, 0) is 21.4 Å². The molecular formula is C37H33F2N7O5S. The first-order valence-corrected chi connectivity index (χ1v) is 17.9. The Morgan fingerprint density at radius 3 is 2.35 bits per heavy atom. The second-order valence-electron chi connectivity index (χ2n) is 12.5. The normalized spacial score (nSPS) is 12.0. The predicted octanol–water partition coefficient (Wildman–Crippen LogP) is 5.33. The van der Waals surface area contributed by atoms with Gasteiger partial charge >= 0.3 is 0 Å². The number of furan rings is 1. The maximum atomic E-state index is 15.2. The average Bonchev–Trinajstić information content (AvgIpc) is 3.70. The van der Waals surface area contributed by atoms with Crippen molar-refractivity contribution in [1.29, 1.82) is 0 Å². The van der Waals surface area contributed by atoms with E-state index in [0.717, 1.165) is 10.6 Å². The number of benzene rings is 3. The maximum Gasteiger partial charge on any atom is 0.255 e. The van der Waals surface area contributed by atoms with Crippen LogP contribution in [0, 0.1) is 11.6 Å². The number of hydrogen-bond acceptors (Lipinski definition) is 8. The number of carbonyl (C=O) groups excluding carboxylic acids is 2. The number of likely N-dealkylation sites (N-methyl/N-ethyl adjacent to an activating group) is 2. The van der Waals surface area contributed by atoms with Crippen molar-refractivity contribution in [3.8, 4) is 22.6 Å². The smallest absolute Gasteiger partial charge is 0.255 e. The van der Waals surface area contributed by atoms with E-state index in [1.165, 1.54) is 50.5 Å². The lowest BCUT2D eigenvalue weighted by molar-refractivity contribution is -0.121. The number of nitrogens with one attached hydrogen (secondary N) is 2. The molecule has 0 saturated heterocycles. The SMILES string of the molecule is CNC(=O)CN(C)Cc1nc2ccc(-c3cc4c(C(=O)NC)c(-c5ccc(F)cc5)oc4cc3N(C)S(C)(=O)=O)nc2c2cc3c(F)cccc3n12. The van der Waals surface area contributed by atoms with Crippen LogP contribution in [0.3, 0.4) is 0 Å². The van der Waals surface area contributed by atoms with E-state index in [1.54, 1.807) is 59.8 Å². The molecule has 0 bridgehead atoms. The lowest BCUT2D eigenvalue weighted by atomic mass is 10.0. The van der Waals surface area contributed by atoms with Crippen LogP contribution in [0.1, 0.15) is 16.2 Å². The van der Waals surface area contributed by atoms with Crippen LogP contribution in [0.4, 0.5) is 14.5 Å². The molecule has 0 aliphatic rings. The van der Waals surface area contributed by atoms with Crippen LogP contribution >= 0.6 is 0 Å². The summed E-state index contributed by atoms with van der Waals surface area (Å²) in [6.45, 7) is 0.359. The monoisotopic (exact) mass is 725 g/mol. The average molecular weight is 726 g/mol. The Bertz CT molecular complexity index is 2690. The molecule has 7 aromatic rings. The van der Waals surface area contributed by atoms with Crippen molar-refractivity contribution in [3.63, 3.8) is 0 Å². The zero-order valence-electron chi connectivity index (χ0n) is 28.8. The lowest BCUT2D eigenvalue weighted by Gasteiger charge is -2.21. The highest BCUT2D eigenvalue weighted by Gasteiger charge is 2.27. The van der Waals surface area contributed by atoms with Crippen molar-refractivity contribution in [1.82, 2.24) is 29.9 Å². The van der Waals surface area contributed by atoms with E-state index in [9.17, 15) is 22.4 Å². The summed E-state index contributed by atoms with van der Waals surface area (Å²) in [6, 6.07) is 18.5. The van der Waals surface area contributed by atoms with Crippen LogP contribution < -0.4 is 14.9 Å². The molecule has 2 N–H and O–H groups in total. The molecule has 4 aromatic heterocycles. The summed E-state index contributed by atoms with van der Waals surface area (Å²) < 4.78 is 64.1. The minimum atomic E-state index is -3.81. The van der Waals surface area contributed by atoms with Crippen molar-refractivity contribution < 1.29 is 31.2 Å². The number of hydrogen-bond donors (Lipinski definition) is 2. The van der Waals surface area contributed by atoms with Crippen LogP contribution in [0.15, 0.2) is 77.2 Å². The number of sulfonamides is 1. The molecule has 0 radical (unpaired) electrons. The molecule has 12 nitrogen and oxygen atoms in total. The summed E-state index contributed by atoms with van der Waals surface area (Å²) in [5.74, 6) is -0.827. The Morgan fingerprint density at radius 2 is 1.65 bits per heavy atom. The van der Waals surface area contributed by atoms with Gasteiger partial charge in [0.15, 0.2) is 0 Å². The van der Waals surface area contributed by atoms with E-state index >= 15 is 4.39 Å². The van der Waals surface area contributed by atoms with Crippen LogP contribution in [0.25, 0.3) is 61.0 Å². The zero-order valence-corrected chi connectivity index (χ0v) is 29.6. The fourth-order valence-corrected chi connectivity index (χ4v) is 6.88. The molecule has 4 heterocycles. The quantitative estimate of drug-likeness (QED) is 0.204. The van der Waals surface area contributed by atoms with E-state index in [4.69, 9.17) is 14.4 Å². The third-order valence-corrected chi connectivity index (χ3v) is 10.2. The molecule has 266 valence electrons. The van der Waals surface area contributed by atoms with Gasteiger partial charge in [0.25, 0.3) is 5.91 Å². The highest BCUT2D eigenvalue weighted by molar-refractivity contribution is 7.92. The zero-order chi connectivity index (χ0) is 37.1. The first-order valence-electron chi connectivity index (χ1n) is 16.1. The summed E-state index contributed by atoms with van der Waals surface area (Å²) in [5.41, 5.74) is 3.73. The van der Waals surface area contributed by atoms with Crippen molar-refractivity contribution in [2.45, 2.75) is 6.54 Å². The minimum absolute atomic E-state index is 0.108. The molecule has 0 spiro atoms. The number of halogens is 2. The molecule has 7 rings (SSSR count). The topological polar surface area (TPSA) is 142 Å². The fourth-order valence-electron chi connectivity index (χ4n) is 6.38. The number of rotatable bonds is 9. The van der Waals surface area contributed by atoms with E-state index in [2.05, 4.69) is 10.6 Å². The third-order valence-electron chi connectivity index (χ3n) is 9.00. The Labute approximate surface area is 296 Å². The van der Waals surface area contributed by atoms with Crippen molar-refractivity contribution >= 4 is 65.9 Å². The Balaban J connectivity index is 1.50. The van der Waals surface area contributed by atoms with Crippen molar-refractivity contribution in [2.75, 3.05) is 45.3 Å². The van der Waals surface area contributed by atoms with Gasteiger partial charge in [-0.25, -0.2) is 27.2 Å². The minimum Gasteiger partial charge on any atom is -0.455 e. The number of nitrogens with zero attached hydrogens (tertiary/aromatic N) is 5. The van der Waals surface area contributed by atoms with Crippen LogP contribution in [0.2, 0.25) is 0 Å². The van der Waals surface area contributed by atoms with Crippen molar-refractivity contribution in [2.24, 2.45) is 0 Å². The van der Waals surface area contributed by atoms with Gasteiger partial charge in [0.05, 0.1) is 52.8 Å². The van der Waals surface area contributed by atoms with Crippen LogP contribution in [0.5, 0.6) is 0 Å². The van der Waals surface area contributed by atoms with Gasteiger partial charge in [0.1, 0.15) is 34.3 Å². The van der Waals surface area contributed by atoms with Crippen molar-refractivity contribution in [3.05, 3.63) is 95.8 Å². The van der Waals surface area contributed by atoms with E-state index in [-0.39, 0.29) is 41.6 Å². The van der Waals surface area contributed by atoms with Gasteiger partial charge in [-0.1, -0.05) is 6.07 Å². The largest absolute Gasteiger partial charge is 0.455 e. The molecule has 0 unspecified atom stereocenters. The molecule has 0 fully saturated rings. The van der Waals surface area contributed by atoms with Crippen LogP contribution in [-0.4, -0.2) is 80.5 Å². The second kappa shape index (κ2) is 13.0. The predicted molar refractivity (Wildman–Crippen MR) is 196 cm³/mol. The number of anilines is 1. The summed E-state index contributed by atoms with van der Waals surface area (Å²) in [4.78, 5) is 37.2. The molecule has 0 atom stereocenters. The van der Waals surface area contributed by atoms with Gasteiger partial charge in [0, 0.05) is 49.1 Å². The van der Waals surface area contributed by atoms with Gasteiger partial charge in [-0.15, -0.1) is 0 Å². The summed E-state index contributed by atoms with van der Waals surface area (Å²) in [7, 11) is 2.39. The Morgan fingerprint density at radius 1 is 0.904 bits per heavy atom. The highest BCUT2D eigenvalue weighted by Crippen LogP contribution is 2.41. The number of aromatic nitrogens is 3. The molecule has 52 heavy (non-hydrogen) atoms. The Hall–Kier alpha value is -5.93. The standard InChI is InChI=1S/C37H33F2N7O5S/c1-40-33(47)19-44(3)18-32-42-27-14-13-26(43-35(27)30-16-22-25(39)7-6-8-28(22)46(30)32)23-15-24-31(17-29(23)45(4)52(5,49)50)51-36(34(24)37(48)41-2)20-9-11-21(38)12-10-20/h6-17H,18-19H2,1-5H3,(H,40,47)(H,41,48). The molecule has 0 saturated carbocycles. The summed E-state index contributed by atoms with van der Waals surface area (Å²) >= 11 is 0. The third kappa shape index (κ3) is 5.96.